The van der Waals surface area contributed by atoms with Gasteiger partial charge in [-0.3, -0.25) is 0 Å². The van der Waals surface area contributed by atoms with E-state index in [1.54, 1.807) is 0 Å². The molecule has 27 heavy (non-hydrogen) atoms. The average molecular weight is 362 g/mol. The summed E-state index contributed by atoms with van der Waals surface area (Å²) in [6, 6.07) is 12.2. The first-order chi connectivity index (χ1) is 13.1. The van der Waals surface area contributed by atoms with Gasteiger partial charge >= 0.3 is 0 Å². The molecule has 0 aromatic heterocycles. The second kappa shape index (κ2) is 6.58. The van der Waals surface area contributed by atoms with E-state index in [4.69, 9.17) is 14.2 Å². The van der Waals surface area contributed by atoms with E-state index in [1.165, 1.54) is 0 Å². The number of ether oxygens (including phenoxy) is 3. The van der Waals surface area contributed by atoms with Crippen LogP contribution < -0.4 is 9.47 Å². The molecule has 3 nitrogen and oxygen atoms in total. The Morgan fingerprint density at radius 1 is 0.815 bits per heavy atom. The van der Waals surface area contributed by atoms with E-state index in [2.05, 4.69) is 39.1 Å². The lowest BCUT2D eigenvalue weighted by Crippen LogP contribution is -2.38. The second-order valence-electron chi connectivity index (χ2n) is 7.26. The maximum absolute atomic E-state index is 7.01. The Balaban J connectivity index is 1.82. The van der Waals surface area contributed by atoms with Crippen molar-refractivity contribution >= 4 is 0 Å². The van der Waals surface area contributed by atoms with Crippen molar-refractivity contribution in [2.45, 2.75) is 50.7 Å². The molecule has 0 radical (unpaired) electrons. The van der Waals surface area contributed by atoms with E-state index in [0.29, 0.717) is 0 Å². The molecule has 0 N–H and O–H groups in total. The van der Waals surface area contributed by atoms with Crippen molar-refractivity contribution in [3.05, 3.63) is 72.8 Å². The van der Waals surface area contributed by atoms with Gasteiger partial charge in [0.2, 0.25) is 0 Å². The van der Waals surface area contributed by atoms with E-state index in [9.17, 15) is 0 Å². The van der Waals surface area contributed by atoms with Crippen LogP contribution in [0.1, 0.15) is 50.7 Å². The van der Waals surface area contributed by atoms with Crippen LogP contribution in [0.5, 0.6) is 23.0 Å². The van der Waals surface area contributed by atoms with Crippen LogP contribution >= 0.6 is 0 Å². The number of benzene rings is 2. The molecule has 2 aliphatic heterocycles. The predicted octanol–water partition coefficient (Wildman–Crippen LogP) is 6.98. The zero-order valence-corrected chi connectivity index (χ0v) is 16.1. The summed E-state index contributed by atoms with van der Waals surface area (Å²) in [5.41, 5.74) is 0.767. The molecule has 2 atom stereocenters. The minimum atomic E-state index is -0.655. The highest BCUT2D eigenvalue weighted by Crippen LogP contribution is 2.58. The zero-order valence-electron chi connectivity index (χ0n) is 16.1. The van der Waals surface area contributed by atoms with Gasteiger partial charge in [0.1, 0.15) is 11.2 Å². The van der Waals surface area contributed by atoms with Gasteiger partial charge in [-0.25, -0.2) is 0 Å². The lowest BCUT2D eigenvalue weighted by Gasteiger charge is -2.41. The Hall–Kier alpha value is -2.52. The van der Waals surface area contributed by atoms with Gasteiger partial charge < -0.3 is 14.2 Å². The van der Waals surface area contributed by atoms with Crippen molar-refractivity contribution in [3.8, 4) is 23.0 Å². The molecular formula is C24H26O3. The molecule has 4 rings (SSSR count). The molecule has 3 heteroatoms. The second-order valence-corrected chi connectivity index (χ2v) is 7.26. The summed E-state index contributed by atoms with van der Waals surface area (Å²) in [5, 5.41) is 0. The molecule has 0 fully saturated rings. The Labute approximate surface area is 161 Å². The molecule has 2 heterocycles. The number of hydrogen-bond acceptors (Lipinski definition) is 3. The molecule has 2 aromatic rings. The number of rotatable bonds is 10. The fraction of sp³-hybridized carbons (Fsp3) is 0.333. The van der Waals surface area contributed by atoms with E-state index in [0.717, 1.165) is 59.8 Å². The summed E-state index contributed by atoms with van der Waals surface area (Å²) in [6.45, 7) is 12.6. The summed E-state index contributed by atoms with van der Waals surface area (Å²) in [5.74, 6) is 3.68. The molecule has 0 bridgehead atoms. The quantitative estimate of drug-likeness (QED) is 0.225. The molecule has 0 spiro atoms. The molecule has 2 aromatic carbocycles. The van der Waals surface area contributed by atoms with Gasteiger partial charge in [0.25, 0.3) is 0 Å². The average Bonchev–Trinajstić information content (AvgIpc) is 3.59. The van der Waals surface area contributed by atoms with Crippen LogP contribution in [0.3, 0.4) is 0 Å². The Kier molecular flexibility index (Phi) is 4.35. The van der Waals surface area contributed by atoms with Crippen molar-refractivity contribution in [1.29, 1.82) is 0 Å². The number of hydrogen-bond donors (Lipinski definition) is 0. The van der Waals surface area contributed by atoms with Crippen molar-refractivity contribution in [3.63, 3.8) is 0 Å². The van der Waals surface area contributed by atoms with E-state index >= 15 is 0 Å². The summed E-state index contributed by atoms with van der Waals surface area (Å²) in [6.07, 6.45) is 7.38. The molecule has 0 amide bonds. The molecule has 0 saturated heterocycles. The molecular weight excluding hydrogens is 336 g/mol. The highest BCUT2D eigenvalue weighted by Gasteiger charge is 2.46. The SMILES string of the molecule is C=CC(CCC)(OC(C=C)(CCC)c1cccc2c1O2)c1cccc2c1O2. The normalized spacial score (nSPS) is 17.3. The van der Waals surface area contributed by atoms with Gasteiger partial charge in [0, 0.05) is 11.1 Å². The third-order valence-electron chi connectivity index (χ3n) is 5.48. The summed E-state index contributed by atoms with van der Waals surface area (Å²) in [7, 11) is 0. The van der Waals surface area contributed by atoms with Crippen LogP contribution in [-0.2, 0) is 15.9 Å². The van der Waals surface area contributed by atoms with Gasteiger partial charge in [-0.05, 0) is 25.0 Å². The standard InChI is InChI=1S/C24H26O3/c1-5-15-23(7-3,17-11-9-13-19-21(17)25-19)27-24(8-4,16-6-2)18-12-10-14-20-22(18)26-20/h7-14H,3-6,15-16H2,1-2H3. The molecule has 2 unspecified atom stereocenters. The summed E-state index contributed by atoms with van der Waals surface area (Å²) >= 11 is 0. The van der Waals surface area contributed by atoms with Gasteiger partial charge in [0.05, 0.1) is 0 Å². The highest BCUT2D eigenvalue weighted by molar-refractivity contribution is 5.63. The fourth-order valence-electron chi connectivity index (χ4n) is 4.10. The monoisotopic (exact) mass is 362 g/mol. The van der Waals surface area contributed by atoms with Crippen LogP contribution in [-0.4, -0.2) is 0 Å². The first-order valence-corrected chi connectivity index (χ1v) is 9.73. The van der Waals surface area contributed by atoms with Crippen LogP contribution in [0.15, 0.2) is 61.7 Å². The maximum Gasteiger partial charge on any atom is 0.176 e. The molecule has 0 aliphatic carbocycles. The molecule has 140 valence electrons. The first-order valence-electron chi connectivity index (χ1n) is 9.73. The summed E-state index contributed by atoms with van der Waals surface area (Å²) in [4.78, 5) is 0. The van der Waals surface area contributed by atoms with Crippen molar-refractivity contribution in [1.82, 2.24) is 0 Å². The Morgan fingerprint density at radius 2 is 1.26 bits per heavy atom. The topological polar surface area (TPSA) is 34.3 Å². The van der Waals surface area contributed by atoms with Gasteiger partial charge in [-0.2, -0.15) is 0 Å². The summed E-state index contributed by atoms with van der Waals surface area (Å²) < 4.78 is 18.4. The predicted molar refractivity (Wildman–Crippen MR) is 108 cm³/mol. The van der Waals surface area contributed by atoms with Crippen molar-refractivity contribution in [2.75, 3.05) is 0 Å². The number of para-hydroxylation sites is 2. The van der Waals surface area contributed by atoms with Crippen LogP contribution in [0.25, 0.3) is 0 Å². The third-order valence-corrected chi connectivity index (χ3v) is 5.48. The van der Waals surface area contributed by atoms with E-state index < -0.39 is 11.2 Å². The minimum Gasteiger partial charge on any atom is -0.449 e. The maximum atomic E-state index is 7.01. The van der Waals surface area contributed by atoms with Gasteiger partial charge in [-0.1, -0.05) is 76.3 Å². The van der Waals surface area contributed by atoms with Crippen LogP contribution in [0.4, 0.5) is 0 Å². The van der Waals surface area contributed by atoms with Crippen molar-refractivity contribution in [2.24, 2.45) is 0 Å². The number of fused-ring (bicyclic) bond motifs is 2. The first kappa shape index (κ1) is 17.9. The highest BCUT2D eigenvalue weighted by atomic mass is 16.6. The Bertz CT molecular complexity index is 827. The lowest BCUT2D eigenvalue weighted by atomic mass is 9.84. The van der Waals surface area contributed by atoms with E-state index in [1.807, 2.05) is 36.4 Å². The smallest absolute Gasteiger partial charge is 0.176 e. The van der Waals surface area contributed by atoms with Crippen LogP contribution in [0, 0.1) is 0 Å². The van der Waals surface area contributed by atoms with Crippen LogP contribution in [0.2, 0.25) is 0 Å². The zero-order chi connectivity index (χ0) is 19.1. The third kappa shape index (κ3) is 2.87. The molecule has 2 aliphatic rings. The lowest BCUT2D eigenvalue weighted by molar-refractivity contribution is -0.126. The van der Waals surface area contributed by atoms with Gasteiger partial charge in [0.15, 0.2) is 23.0 Å². The van der Waals surface area contributed by atoms with E-state index in [-0.39, 0.29) is 0 Å². The molecule has 0 saturated carbocycles. The fourth-order valence-corrected chi connectivity index (χ4v) is 4.10. The Morgan fingerprint density at radius 3 is 1.63 bits per heavy atom. The van der Waals surface area contributed by atoms with Crippen molar-refractivity contribution < 1.29 is 14.2 Å². The minimum absolute atomic E-state index is 0.655. The van der Waals surface area contributed by atoms with Gasteiger partial charge in [-0.15, -0.1) is 0 Å². The largest absolute Gasteiger partial charge is 0.449 e.